The van der Waals surface area contributed by atoms with E-state index in [1.165, 1.54) is 28.8 Å². The summed E-state index contributed by atoms with van der Waals surface area (Å²) in [5.41, 5.74) is 0. The Bertz CT molecular complexity index is 542. The van der Waals surface area contributed by atoms with Crippen LogP contribution in [-0.4, -0.2) is 64.9 Å². The van der Waals surface area contributed by atoms with Crippen LogP contribution in [0.2, 0.25) is 0 Å². The third-order valence-corrected chi connectivity index (χ3v) is 5.34. The van der Waals surface area contributed by atoms with Gasteiger partial charge in [0.25, 0.3) is 11.8 Å². The second-order valence-electron chi connectivity index (χ2n) is 7.11. The topological polar surface area (TPSA) is 74.8 Å². The molecule has 0 atom stereocenters. The molecule has 1 heterocycles. The summed E-state index contributed by atoms with van der Waals surface area (Å²) in [6.07, 6.45) is 9.16. The van der Waals surface area contributed by atoms with E-state index in [0.29, 0.717) is 32.5 Å². The second-order valence-corrected chi connectivity index (χ2v) is 7.98. The summed E-state index contributed by atoms with van der Waals surface area (Å²) in [7, 11) is 0. The molecule has 0 N–H and O–H groups in total. The van der Waals surface area contributed by atoms with E-state index < -0.39 is 0 Å². The fraction of sp³-hybridized carbons (Fsp3) is 0.700. The Balaban J connectivity index is 2.26. The largest absolute Gasteiger partial charge is 0.302 e. The summed E-state index contributed by atoms with van der Waals surface area (Å²) < 4.78 is 0. The van der Waals surface area contributed by atoms with Crippen molar-refractivity contribution in [1.82, 2.24) is 9.80 Å². The molecule has 1 aliphatic heterocycles. The van der Waals surface area contributed by atoms with Gasteiger partial charge in [-0.3, -0.25) is 24.1 Å². The molecule has 0 aromatic carbocycles. The molecule has 0 aromatic rings. The van der Waals surface area contributed by atoms with E-state index >= 15 is 0 Å². The SMILES string of the molecule is CSC(=O)CCN(CCCCCCN1C(=O)C=CC1=O)CCC(=O)C(C)C. The van der Waals surface area contributed by atoms with Crippen molar-refractivity contribution in [1.29, 1.82) is 0 Å². The second kappa shape index (κ2) is 12.8. The van der Waals surface area contributed by atoms with E-state index in [-0.39, 0.29) is 28.6 Å². The molecule has 152 valence electrons. The lowest BCUT2D eigenvalue weighted by Crippen LogP contribution is -2.31. The van der Waals surface area contributed by atoms with Crippen LogP contribution in [0.4, 0.5) is 0 Å². The zero-order valence-corrected chi connectivity index (χ0v) is 17.6. The Labute approximate surface area is 166 Å². The van der Waals surface area contributed by atoms with Crippen molar-refractivity contribution in [3.63, 3.8) is 0 Å². The fourth-order valence-corrected chi connectivity index (χ4v) is 3.15. The molecule has 0 radical (unpaired) electrons. The van der Waals surface area contributed by atoms with Gasteiger partial charge in [-0.15, -0.1) is 0 Å². The highest BCUT2D eigenvalue weighted by Crippen LogP contribution is 2.10. The van der Waals surface area contributed by atoms with Gasteiger partial charge in [0.05, 0.1) is 0 Å². The first-order valence-corrected chi connectivity index (χ1v) is 10.9. The summed E-state index contributed by atoms with van der Waals surface area (Å²) in [4.78, 5) is 49.9. The minimum atomic E-state index is -0.223. The number of hydrogen-bond donors (Lipinski definition) is 0. The van der Waals surface area contributed by atoms with Gasteiger partial charge in [-0.25, -0.2) is 0 Å². The molecule has 0 unspecified atom stereocenters. The van der Waals surface area contributed by atoms with E-state index in [1.54, 1.807) is 6.26 Å². The number of hydrogen-bond acceptors (Lipinski definition) is 6. The summed E-state index contributed by atoms with van der Waals surface area (Å²) in [5, 5.41) is 0.170. The number of rotatable bonds is 14. The summed E-state index contributed by atoms with van der Waals surface area (Å²) in [6.45, 7) is 6.54. The number of Topliss-reactive ketones (excluding diaryl/α,β-unsaturated/α-hetero) is 1. The third kappa shape index (κ3) is 9.33. The zero-order valence-electron chi connectivity index (χ0n) is 16.7. The smallest absolute Gasteiger partial charge is 0.253 e. The molecule has 1 aliphatic rings. The molecule has 6 nitrogen and oxygen atoms in total. The van der Waals surface area contributed by atoms with Crippen molar-refractivity contribution in [2.45, 2.75) is 52.4 Å². The van der Waals surface area contributed by atoms with Crippen LogP contribution in [0.25, 0.3) is 0 Å². The van der Waals surface area contributed by atoms with Crippen LogP contribution in [0, 0.1) is 5.92 Å². The quantitative estimate of drug-likeness (QED) is 0.332. The van der Waals surface area contributed by atoms with E-state index in [2.05, 4.69) is 4.90 Å². The number of carbonyl (C=O) groups is 4. The minimum absolute atomic E-state index is 0.0465. The van der Waals surface area contributed by atoms with Gasteiger partial charge in [-0.2, -0.15) is 0 Å². The minimum Gasteiger partial charge on any atom is -0.302 e. The Morgan fingerprint density at radius 2 is 1.56 bits per heavy atom. The maximum absolute atomic E-state index is 11.9. The van der Waals surface area contributed by atoms with Gasteiger partial charge in [0.15, 0.2) is 5.12 Å². The number of nitrogens with zero attached hydrogens (tertiary/aromatic N) is 2. The normalized spacial score (nSPS) is 14.0. The maximum Gasteiger partial charge on any atom is 0.253 e. The lowest BCUT2D eigenvalue weighted by atomic mass is 10.1. The Morgan fingerprint density at radius 3 is 2.15 bits per heavy atom. The molecule has 0 aliphatic carbocycles. The predicted molar refractivity (Wildman–Crippen MR) is 108 cm³/mol. The number of amides is 2. The van der Waals surface area contributed by atoms with E-state index in [9.17, 15) is 19.2 Å². The maximum atomic E-state index is 11.9. The van der Waals surface area contributed by atoms with Gasteiger partial charge in [0.1, 0.15) is 5.78 Å². The first kappa shape index (κ1) is 23.6. The molecular formula is C20H32N2O4S. The Morgan fingerprint density at radius 1 is 0.963 bits per heavy atom. The molecule has 0 saturated carbocycles. The zero-order chi connectivity index (χ0) is 20.2. The lowest BCUT2D eigenvalue weighted by Gasteiger charge is -2.22. The molecular weight excluding hydrogens is 364 g/mol. The van der Waals surface area contributed by atoms with E-state index in [0.717, 1.165) is 32.2 Å². The van der Waals surface area contributed by atoms with E-state index in [4.69, 9.17) is 0 Å². The number of ketones is 1. The van der Waals surface area contributed by atoms with Gasteiger partial charge in [0.2, 0.25) is 0 Å². The molecule has 0 aromatic heterocycles. The highest BCUT2D eigenvalue weighted by Gasteiger charge is 2.22. The third-order valence-electron chi connectivity index (χ3n) is 4.68. The van der Waals surface area contributed by atoms with Crippen molar-refractivity contribution in [2.24, 2.45) is 5.92 Å². The van der Waals surface area contributed by atoms with Crippen LogP contribution in [0.15, 0.2) is 12.2 Å². The van der Waals surface area contributed by atoms with Crippen molar-refractivity contribution < 1.29 is 19.2 Å². The number of carbonyl (C=O) groups excluding carboxylic acids is 4. The highest BCUT2D eigenvalue weighted by atomic mass is 32.2. The van der Waals surface area contributed by atoms with Crippen LogP contribution >= 0.6 is 11.8 Å². The van der Waals surface area contributed by atoms with Gasteiger partial charge in [0, 0.05) is 50.5 Å². The van der Waals surface area contributed by atoms with Gasteiger partial charge >= 0.3 is 0 Å². The predicted octanol–water partition coefficient (Wildman–Crippen LogP) is 2.67. The van der Waals surface area contributed by atoms with Crippen molar-refractivity contribution in [2.75, 3.05) is 32.4 Å². The number of thioether (sulfide) groups is 1. The van der Waals surface area contributed by atoms with Gasteiger partial charge in [-0.05, 0) is 25.6 Å². The fourth-order valence-electron chi connectivity index (χ4n) is 2.85. The van der Waals surface area contributed by atoms with Crippen LogP contribution in [-0.2, 0) is 19.2 Å². The molecule has 0 saturated heterocycles. The molecule has 2 amide bonds. The number of unbranched alkanes of at least 4 members (excludes halogenated alkanes) is 3. The van der Waals surface area contributed by atoms with Crippen LogP contribution in [0.1, 0.15) is 52.4 Å². The molecule has 0 bridgehead atoms. The monoisotopic (exact) mass is 396 g/mol. The van der Waals surface area contributed by atoms with Gasteiger partial charge < -0.3 is 4.90 Å². The highest BCUT2D eigenvalue weighted by molar-refractivity contribution is 8.13. The standard InChI is InChI=1S/C20H32N2O4S/c1-16(2)17(23)10-14-21(15-11-20(26)27-3)12-6-4-5-7-13-22-18(24)8-9-19(22)25/h8-9,16H,4-7,10-15H2,1-3H3. The number of imide groups is 1. The van der Waals surface area contributed by atoms with Crippen molar-refractivity contribution >= 4 is 34.5 Å². The average molecular weight is 397 g/mol. The summed E-state index contributed by atoms with van der Waals surface area (Å²) >= 11 is 1.25. The Hall–Kier alpha value is -1.47. The van der Waals surface area contributed by atoms with Crippen LogP contribution in [0.3, 0.4) is 0 Å². The summed E-state index contributed by atoms with van der Waals surface area (Å²) in [5.74, 6) is -0.145. The average Bonchev–Trinajstić information content (AvgIpc) is 2.96. The molecule has 7 heteroatoms. The lowest BCUT2D eigenvalue weighted by molar-refractivity contribution is -0.136. The molecule has 0 spiro atoms. The molecule has 0 fully saturated rings. The van der Waals surface area contributed by atoms with Crippen molar-refractivity contribution in [3.8, 4) is 0 Å². The summed E-state index contributed by atoms with van der Waals surface area (Å²) in [6, 6.07) is 0. The first-order chi connectivity index (χ1) is 12.8. The van der Waals surface area contributed by atoms with Gasteiger partial charge in [-0.1, -0.05) is 38.5 Å². The molecule has 27 heavy (non-hydrogen) atoms. The van der Waals surface area contributed by atoms with E-state index in [1.807, 2.05) is 13.8 Å². The van der Waals surface area contributed by atoms with Crippen LogP contribution < -0.4 is 0 Å². The molecule has 1 rings (SSSR count). The van der Waals surface area contributed by atoms with Crippen molar-refractivity contribution in [3.05, 3.63) is 12.2 Å². The first-order valence-electron chi connectivity index (χ1n) is 9.70. The van der Waals surface area contributed by atoms with Crippen LogP contribution in [0.5, 0.6) is 0 Å². The Kier molecular flexibility index (Phi) is 11.2.